The van der Waals surface area contributed by atoms with Crippen LogP contribution in [0.25, 0.3) is 0 Å². The monoisotopic (exact) mass is 442 g/mol. The van der Waals surface area contributed by atoms with Crippen molar-refractivity contribution in [2.75, 3.05) is 5.75 Å². The third kappa shape index (κ3) is 3.53. The van der Waals surface area contributed by atoms with Gasteiger partial charge in [-0.25, -0.2) is 8.42 Å². The average molecular weight is 443 g/mol. The van der Waals surface area contributed by atoms with Gasteiger partial charge in [0.15, 0.2) is 9.84 Å². The van der Waals surface area contributed by atoms with Crippen molar-refractivity contribution in [1.29, 1.82) is 0 Å². The average Bonchev–Trinajstić information content (AvgIpc) is 3.10. The van der Waals surface area contributed by atoms with Crippen LogP contribution >= 0.6 is 0 Å². The highest BCUT2D eigenvalue weighted by Crippen LogP contribution is 2.66. The molecule has 0 spiro atoms. The van der Waals surface area contributed by atoms with Gasteiger partial charge in [0, 0.05) is 0 Å². The van der Waals surface area contributed by atoms with Crippen LogP contribution in [-0.2, 0) is 9.84 Å². The quantitative estimate of drug-likeness (QED) is 0.601. The third-order valence-corrected chi connectivity index (χ3v) is 11.9. The number of rotatable bonds is 4. The van der Waals surface area contributed by atoms with Gasteiger partial charge in [0.25, 0.3) is 0 Å². The number of aliphatic hydroxyl groups excluding tert-OH is 1. The van der Waals surface area contributed by atoms with Gasteiger partial charge in [-0.05, 0) is 104 Å². The summed E-state index contributed by atoms with van der Waals surface area (Å²) in [5.74, 6) is 2.99. The van der Waals surface area contributed by atoms with Crippen LogP contribution in [-0.4, -0.2) is 25.4 Å². The standard InChI is InChI=1S/C27H38O3S/c1-26-16-13-25-23(10-8-20-18-21(28)12-15-27(20,25)2)24(26)11-9-19(26)14-17-31(29,30)22-6-4-3-5-7-22/h3-8,19,21,23-25,28H,9-18H2,1-2H3. The second-order valence-corrected chi connectivity index (χ2v) is 13.5. The van der Waals surface area contributed by atoms with Crippen LogP contribution in [0, 0.1) is 34.5 Å². The molecule has 1 N–H and O–H groups in total. The maximum atomic E-state index is 12.9. The summed E-state index contributed by atoms with van der Waals surface area (Å²) in [5.41, 5.74) is 2.08. The van der Waals surface area contributed by atoms with Crippen LogP contribution in [0.2, 0.25) is 0 Å². The normalized spacial score (nSPS) is 42.3. The van der Waals surface area contributed by atoms with Crippen LogP contribution < -0.4 is 0 Å². The summed E-state index contributed by atoms with van der Waals surface area (Å²) in [6.07, 6.45) is 12.2. The number of sulfone groups is 1. The maximum Gasteiger partial charge on any atom is 0.178 e. The SMILES string of the molecule is CC12CCC(O)CC1=CCC1C2CCC2(C)C(CCS(=O)(=O)c3ccccc3)CCC12. The first-order chi connectivity index (χ1) is 14.7. The van der Waals surface area contributed by atoms with E-state index in [0.29, 0.717) is 10.8 Å². The number of fused-ring (bicyclic) bond motifs is 5. The Morgan fingerprint density at radius 1 is 1.00 bits per heavy atom. The third-order valence-electron chi connectivity index (χ3n) is 10.1. The zero-order chi connectivity index (χ0) is 21.9. The summed E-state index contributed by atoms with van der Waals surface area (Å²) in [7, 11) is -3.20. The minimum Gasteiger partial charge on any atom is -0.393 e. The van der Waals surface area contributed by atoms with E-state index in [1.807, 2.05) is 18.2 Å². The zero-order valence-electron chi connectivity index (χ0n) is 19.1. The van der Waals surface area contributed by atoms with E-state index in [-0.39, 0.29) is 22.7 Å². The molecule has 0 aliphatic heterocycles. The second kappa shape index (κ2) is 7.73. The lowest BCUT2D eigenvalue weighted by molar-refractivity contribution is -0.0499. The van der Waals surface area contributed by atoms with Crippen molar-refractivity contribution in [2.45, 2.75) is 82.6 Å². The molecule has 0 saturated heterocycles. The molecule has 0 amide bonds. The fraction of sp³-hybridized carbons (Fsp3) is 0.704. The van der Waals surface area contributed by atoms with Crippen molar-refractivity contribution in [3.63, 3.8) is 0 Å². The van der Waals surface area contributed by atoms with Crippen molar-refractivity contribution in [3.05, 3.63) is 42.0 Å². The van der Waals surface area contributed by atoms with E-state index >= 15 is 0 Å². The molecule has 31 heavy (non-hydrogen) atoms. The molecule has 0 heterocycles. The molecule has 3 nitrogen and oxygen atoms in total. The number of aliphatic hydroxyl groups is 1. The number of allylic oxidation sites excluding steroid dienone is 1. The molecule has 7 atom stereocenters. The zero-order valence-corrected chi connectivity index (χ0v) is 19.9. The molecule has 4 heteroatoms. The van der Waals surface area contributed by atoms with Crippen molar-refractivity contribution in [1.82, 2.24) is 0 Å². The first-order valence-corrected chi connectivity index (χ1v) is 14.0. The smallest absolute Gasteiger partial charge is 0.178 e. The lowest BCUT2D eigenvalue weighted by atomic mass is 9.47. The van der Waals surface area contributed by atoms with Gasteiger partial charge in [-0.3, -0.25) is 0 Å². The van der Waals surface area contributed by atoms with Gasteiger partial charge < -0.3 is 5.11 Å². The highest BCUT2D eigenvalue weighted by Gasteiger charge is 2.58. The molecule has 0 radical (unpaired) electrons. The van der Waals surface area contributed by atoms with Crippen molar-refractivity contribution in [3.8, 4) is 0 Å². The molecular formula is C27H38O3S. The first kappa shape index (κ1) is 21.7. The molecule has 1 aromatic rings. The van der Waals surface area contributed by atoms with E-state index in [1.54, 1.807) is 12.1 Å². The molecule has 4 aliphatic rings. The number of hydrogen-bond donors (Lipinski definition) is 1. The molecule has 4 aliphatic carbocycles. The van der Waals surface area contributed by atoms with E-state index in [0.717, 1.165) is 49.9 Å². The Morgan fingerprint density at radius 2 is 1.77 bits per heavy atom. The second-order valence-electron chi connectivity index (χ2n) is 11.4. The summed E-state index contributed by atoms with van der Waals surface area (Å²) in [4.78, 5) is 0.468. The summed E-state index contributed by atoms with van der Waals surface area (Å²) in [5, 5.41) is 10.2. The Labute approximate surface area is 188 Å². The Bertz CT molecular complexity index is 952. The minimum atomic E-state index is -3.20. The molecule has 170 valence electrons. The van der Waals surface area contributed by atoms with E-state index < -0.39 is 9.84 Å². The lowest BCUT2D eigenvalue weighted by Gasteiger charge is -2.58. The van der Waals surface area contributed by atoms with Crippen molar-refractivity contribution < 1.29 is 13.5 Å². The van der Waals surface area contributed by atoms with Gasteiger partial charge in [0.1, 0.15) is 0 Å². The summed E-state index contributed by atoms with van der Waals surface area (Å²) >= 11 is 0. The van der Waals surface area contributed by atoms with E-state index in [2.05, 4.69) is 19.9 Å². The summed E-state index contributed by atoms with van der Waals surface area (Å²) < 4.78 is 25.8. The van der Waals surface area contributed by atoms with Gasteiger partial charge in [0.2, 0.25) is 0 Å². The Balaban J connectivity index is 1.32. The molecule has 1 aromatic carbocycles. The van der Waals surface area contributed by atoms with Crippen LogP contribution in [0.5, 0.6) is 0 Å². The van der Waals surface area contributed by atoms with Crippen molar-refractivity contribution >= 4 is 9.84 Å². The van der Waals surface area contributed by atoms with E-state index in [9.17, 15) is 13.5 Å². The predicted molar refractivity (Wildman–Crippen MR) is 124 cm³/mol. The number of benzene rings is 1. The van der Waals surface area contributed by atoms with Crippen LogP contribution in [0.4, 0.5) is 0 Å². The lowest BCUT2D eigenvalue weighted by Crippen LogP contribution is -2.50. The molecule has 3 fully saturated rings. The largest absolute Gasteiger partial charge is 0.393 e. The minimum absolute atomic E-state index is 0.146. The Kier molecular flexibility index (Phi) is 5.41. The predicted octanol–water partition coefficient (Wildman–Crippen LogP) is 5.79. The molecule has 3 saturated carbocycles. The van der Waals surface area contributed by atoms with Crippen molar-refractivity contribution in [2.24, 2.45) is 34.5 Å². The first-order valence-electron chi connectivity index (χ1n) is 12.4. The fourth-order valence-corrected chi connectivity index (χ4v) is 9.67. The Morgan fingerprint density at radius 3 is 2.55 bits per heavy atom. The van der Waals surface area contributed by atoms with Crippen LogP contribution in [0.3, 0.4) is 0 Å². The highest BCUT2D eigenvalue weighted by molar-refractivity contribution is 7.91. The van der Waals surface area contributed by atoms with Gasteiger partial charge in [-0.15, -0.1) is 0 Å². The number of hydrogen-bond acceptors (Lipinski definition) is 3. The Hall–Kier alpha value is -1.13. The van der Waals surface area contributed by atoms with Gasteiger partial charge >= 0.3 is 0 Å². The van der Waals surface area contributed by atoms with Crippen LogP contribution in [0.1, 0.15) is 71.6 Å². The molecule has 5 rings (SSSR count). The topological polar surface area (TPSA) is 54.4 Å². The van der Waals surface area contributed by atoms with E-state index in [4.69, 9.17) is 0 Å². The molecule has 7 unspecified atom stereocenters. The molecule has 0 aromatic heterocycles. The van der Waals surface area contributed by atoms with Gasteiger partial charge in [-0.1, -0.05) is 43.7 Å². The molecular weight excluding hydrogens is 404 g/mol. The van der Waals surface area contributed by atoms with Gasteiger partial charge in [-0.2, -0.15) is 0 Å². The summed E-state index contributed by atoms with van der Waals surface area (Å²) in [6.45, 7) is 4.95. The van der Waals surface area contributed by atoms with Gasteiger partial charge in [0.05, 0.1) is 16.8 Å². The van der Waals surface area contributed by atoms with Crippen LogP contribution in [0.15, 0.2) is 46.9 Å². The highest BCUT2D eigenvalue weighted by atomic mass is 32.2. The molecule has 0 bridgehead atoms. The maximum absolute atomic E-state index is 12.9. The fourth-order valence-electron chi connectivity index (χ4n) is 8.27. The summed E-state index contributed by atoms with van der Waals surface area (Å²) in [6, 6.07) is 8.96. The van der Waals surface area contributed by atoms with E-state index in [1.165, 1.54) is 31.3 Å².